The number of ether oxygens (including phenoxy) is 2. The monoisotopic (exact) mass is 472 g/mol. The summed E-state index contributed by atoms with van der Waals surface area (Å²) in [5.41, 5.74) is 3.51. The van der Waals surface area contributed by atoms with Crippen LogP contribution < -0.4 is 14.9 Å². The molecule has 2 N–H and O–H groups in total. The first-order valence-electron chi connectivity index (χ1n) is 8.84. The quantitative estimate of drug-likeness (QED) is 0.387. The number of carbonyl (C=O) groups is 1. The third-order valence-electron chi connectivity index (χ3n) is 4.14. The van der Waals surface area contributed by atoms with Crippen LogP contribution in [0.25, 0.3) is 0 Å². The number of nitrogens with one attached hydrogen (secondary N) is 1. The minimum atomic E-state index is -0.544. The summed E-state index contributed by atoms with van der Waals surface area (Å²) in [6, 6.07) is 15.9. The first-order valence-corrected chi connectivity index (χ1v) is 9.64. The maximum atomic E-state index is 13.8. The van der Waals surface area contributed by atoms with Gasteiger partial charge in [0.25, 0.3) is 5.91 Å². The van der Waals surface area contributed by atoms with Crippen LogP contribution in [0.2, 0.25) is 0 Å². The van der Waals surface area contributed by atoms with E-state index < -0.39 is 5.91 Å². The van der Waals surface area contributed by atoms with E-state index in [1.165, 1.54) is 31.5 Å². The Balaban J connectivity index is 1.72. The van der Waals surface area contributed by atoms with Gasteiger partial charge in [-0.1, -0.05) is 30.3 Å². The zero-order chi connectivity index (χ0) is 21.5. The average molecular weight is 473 g/mol. The summed E-state index contributed by atoms with van der Waals surface area (Å²) >= 11 is 3.42. The molecule has 8 heteroatoms. The van der Waals surface area contributed by atoms with Crippen LogP contribution >= 0.6 is 15.9 Å². The molecule has 3 aromatic carbocycles. The molecule has 0 fully saturated rings. The van der Waals surface area contributed by atoms with Crippen LogP contribution in [0, 0.1) is 5.82 Å². The normalized spacial score (nSPS) is 10.8. The van der Waals surface area contributed by atoms with Crippen molar-refractivity contribution < 1.29 is 23.8 Å². The fraction of sp³-hybridized carbons (Fsp3) is 0.0909. The molecule has 0 spiro atoms. The lowest BCUT2D eigenvalue weighted by molar-refractivity contribution is 0.0952. The lowest BCUT2D eigenvalue weighted by atomic mass is 10.2. The highest BCUT2D eigenvalue weighted by Crippen LogP contribution is 2.33. The number of para-hydroxylation sites is 1. The van der Waals surface area contributed by atoms with Gasteiger partial charge in [-0.2, -0.15) is 5.10 Å². The second-order valence-electron chi connectivity index (χ2n) is 6.12. The molecule has 0 unspecified atom stereocenters. The number of halogens is 2. The summed E-state index contributed by atoms with van der Waals surface area (Å²) in [7, 11) is 1.49. The van der Waals surface area contributed by atoms with Gasteiger partial charge in [0.15, 0.2) is 11.5 Å². The predicted molar refractivity (Wildman–Crippen MR) is 115 cm³/mol. The van der Waals surface area contributed by atoms with Crippen molar-refractivity contribution in [3.05, 3.63) is 87.6 Å². The van der Waals surface area contributed by atoms with Crippen molar-refractivity contribution in [2.75, 3.05) is 7.11 Å². The summed E-state index contributed by atoms with van der Waals surface area (Å²) in [5, 5.41) is 13.6. The largest absolute Gasteiger partial charge is 0.507 e. The maximum absolute atomic E-state index is 13.8. The Morgan fingerprint density at radius 3 is 2.63 bits per heavy atom. The van der Waals surface area contributed by atoms with E-state index in [9.17, 15) is 14.3 Å². The Hall–Kier alpha value is -3.39. The van der Waals surface area contributed by atoms with Crippen molar-refractivity contribution in [2.45, 2.75) is 6.61 Å². The molecule has 0 aliphatic rings. The Bertz CT molecular complexity index is 1090. The summed E-state index contributed by atoms with van der Waals surface area (Å²) < 4.78 is 25.5. The van der Waals surface area contributed by atoms with Gasteiger partial charge in [0, 0.05) is 15.6 Å². The third-order valence-corrected chi connectivity index (χ3v) is 4.83. The molecule has 3 rings (SSSR count). The minimum absolute atomic E-state index is 0.0412. The van der Waals surface area contributed by atoms with Crippen LogP contribution in [0.15, 0.2) is 70.2 Å². The number of rotatable bonds is 7. The highest BCUT2D eigenvalue weighted by Gasteiger charge is 2.12. The SMILES string of the molecule is COc1cc(/C=N\NC(=O)c2ccccc2O)c(Br)cc1OCc1ccccc1F. The van der Waals surface area contributed by atoms with Crippen LogP contribution in [0.3, 0.4) is 0 Å². The van der Waals surface area contributed by atoms with Crippen molar-refractivity contribution in [2.24, 2.45) is 5.10 Å². The van der Waals surface area contributed by atoms with Gasteiger partial charge >= 0.3 is 0 Å². The van der Waals surface area contributed by atoms with E-state index in [4.69, 9.17) is 9.47 Å². The second kappa shape index (κ2) is 9.89. The summed E-state index contributed by atoms with van der Waals surface area (Å²) in [6.45, 7) is 0.0412. The molecule has 30 heavy (non-hydrogen) atoms. The number of hydrogen-bond acceptors (Lipinski definition) is 5. The predicted octanol–water partition coefficient (Wildman–Crippen LogP) is 4.65. The Labute approximate surface area is 181 Å². The molecule has 0 radical (unpaired) electrons. The van der Waals surface area contributed by atoms with Gasteiger partial charge in [-0.05, 0) is 46.3 Å². The van der Waals surface area contributed by atoms with Crippen molar-refractivity contribution in [3.63, 3.8) is 0 Å². The van der Waals surface area contributed by atoms with E-state index in [1.54, 1.807) is 42.5 Å². The molecule has 0 saturated heterocycles. The lowest BCUT2D eigenvalue weighted by Crippen LogP contribution is -2.17. The van der Waals surface area contributed by atoms with Gasteiger partial charge in [0.1, 0.15) is 18.2 Å². The van der Waals surface area contributed by atoms with Crippen molar-refractivity contribution in [1.29, 1.82) is 0 Å². The average Bonchev–Trinajstić information content (AvgIpc) is 2.74. The zero-order valence-corrected chi connectivity index (χ0v) is 17.5. The highest BCUT2D eigenvalue weighted by atomic mass is 79.9. The van der Waals surface area contributed by atoms with E-state index in [0.29, 0.717) is 27.1 Å². The lowest BCUT2D eigenvalue weighted by Gasteiger charge is -2.13. The number of nitrogens with zero attached hydrogens (tertiary/aromatic N) is 1. The van der Waals surface area contributed by atoms with Crippen LogP contribution in [-0.4, -0.2) is 24.3 Å². The number of aromatic hydroxyl groups is 1. The van der Waals surface area contributed by atoms with Crippen molar-refractivity contribution >= 4 is 28.1 Å². The van der Waals surface area contributed by atoms with Crippen molar-refractivity contribution in [1.82, 2.24) is 5.43 Å². The standard InChI is InChI=1S/C22H18BrFN2O4/c1-29-20-10-15(12-25-26-22(28)16-7-3-5-9-19(16)27)17(23)11-21(20)30-13-14-6-2-4-8-18(14)24/h2-12,27H,13H2,1H3,(H,26,28)/b25-12-. The van der Waals surface area contributed by atoms with Gasteiger partial charge in [0.05, 0.1) is 18.9 Å². The van der Waals surface area contributed by atoms with E-state index in [1.807, 2.05) is 0 Å². The molecule has 154 valence electrons. The molecular formula is C22H18BrFN2O4. The summed E-state index contributed by atoms with van der Waals surface area (Å²) in [5.74, 6) is -0.188. The van der Waals surface area contributed by atoms with E-state index >= 15 is 0 Å². The fourth-order valence-electron chi connectivity index (χ4n) is 2.58. The molecular weight excluding hydrogens is 455 g/mol. The number of carbonyl (C=O) groups excluding carboxylic acids is 1. The molecule has 0 heterocycles. The minimum Gasteiger partial charge on any atom is -0.507 e. The second-order valence-corrected chi connectivity index (χ2v) is 6.98. The van der Waals surface area contributed by atoms with E-state index in [-0.39, 0.29) is 23.7 Å². The summed E-state index contributed by atoms with van der Waals surface area (Å²) in [6.07, 6.45) is 1.42. The Morgan fingerprint density at radius 2 is 1.90 bits per heavy atom. The van der Waals surface area contributed by atoms with Gasteiger partial charge in [0.2, 0.25) is 0 Å². The van der Waals surface area contributed by atoms with Crippen LogP contribution in [0.5, 0.6) is 17.2 Å². The van der Waals surface area contributed by atoms with E-state index in [0.717, 1.165) is 0 Å². The van der Waals surface area contributed by atoms with Crippen LogP contribution in [0.1, 0.15) is 21.5 Å². The number of hydrogen-bond donors (Lipinski definition) is 2. The Kier molecular flexibility index (Phi) is 7.03. The van der Waals surface area contributed by atoms with Gasteiger partial charge in [-0.15, -0.1) is 0 Å². The zero-order valence-electron chi connectivity index (χ0n) is 15.9. The summed E-state index contributed by atoms with van der Waals surface area (Å²) in [4.78, 5) is 12.1. The smallest absolute Gasteiger partial charge is 0.275 e. The number of phenolic OH excluding ortho intramolecular Hbond substituents is 1. The molecule has 0 bridgehead atoms. The van der Waals surface area contributed by atoms with Crippen LogP contribution in [-0.2, 0) is 6.61 Å². The van der Waals surface area contributed by atoms with Gasteiger partial charge < -0.3 is 14.6 Å². The first-order chi connectivity index (χ1) is 14.5. The first kappa shape index (κ1) is 21.3. The molecule has 0 atom stereocenters. The highest BCUT2D eigenvalue weighted by molar-refractivity contribution is 9.10. The maximum Gasteiger partial charge on any atom is 0.275 e. The fourth-order valence-corrected chi connectivity index (χ4v) is 3.00. The topological polar surface area (TPSA) is 80.2 Å². The van der Waals surface area contributed by atoms with E-state index in [2.05, 4.69) is 26.5 Å². The molecule has 0 aliphatic carbocycles. The van der Waals surface area contributed by atoms with Gasteiger partial charge in [-0.3, -0.25) is 4.79 Å². The molecule has 1 amide bonds. The third kappa shape index (κ3) is 5.15. The molecule has 0 aromatic heterocycles. The number of methoxy groups -OCH3 is 1. The number of phenols is 1. The molecule has 6 nitrogen and oxygen atoms in total. The molecule has 0 aliphatic heterocycles. The number of amides is 1. The molecule has 3 aromatic rings. The van der Waals surface area contributed by atoms with Gasteiger partial charge in [-0.25, -0.2) is 9.82 Å². The molecule has 0 saturated carbocycles. The van der Waals surface area contributed by atoms with Crippen molar-refractivity contribution in [3.8, 4) is 17.2 Å². The van der Waals surface area contributed by atoms with Crippen LogP contribution in [0.4, 0.5) is 4.39 Å². The number of hydrazone groups is 1. The number of benzene rings is 3. The Morgan fingerprint density at radius 1 is 1.17 bits per heavy atom.